The van der Waals surface area contributed by atoms with Crippen LogP contribution in [0.2, 0.25) is 0 Å². The predicted molar refractivity (Wildman–Crippen MR) is 57.4 cm³/mol. The summed E-state index contributed by atoms with van der Waals surface area (Å²) in [5.41, 5.74) is 6.45. The summed E-state index contributed by atoms with van der Waals surface area (Å²) in [6.45, 7) is 0.458. The molecule has 0 atom stereocenters. The molecular weight excluding hydrogens is 192 g/mol. The minimum atomic E-state index is -0.198. The highest BCUT2D eigenvalue weighted by Crippen LogP contribution is 2.02. The molecule has 0 spiro atoms. The van der Waals surface area contributed by atoms with Crippen molar-refractivity contribution in [3.63, 3.8) is 0 Å². The molecule has 2 N–H and O–H groups in total. The van der Waals surface area contributed by atoms with E-state index in [1.807, 2.05) is 30.3 Å². The molecule has 1 aromatic carbocycles. The van der Waals surface area contributed by atoms with Crippen molar-refractivity contribution >= 4 is 5.95 Å². The van der Waals surface area contributed by atoms with Gasteiger partial charge in [0.25, 0.3) is 0 Å². The van der Waals surface area contributed by atoms with Gasteiger partial charge in [-0.25, -0.2) is 9.48 Å². The first-order chi connectivity index (χ1) is 7.18. The highest BCUT2D eigenvalue weighted by molar-refractivity contribution is 5.20. The summed E-state index contributed by atoms with van der Waals surface area (Å²) in [6, 6.07) is 9.66. The lowest BCUT2D eigenvalue weighted by atomic mass is 10.2. The maximum Gasteiger partial charge on any atom is 0.347 e. The Morgan fingerprint density at radius 3 is 2.53 bits per heavy atom. The zero-order valence-electron chi connectivity index (χ0n) is 8.42. The van der Waals surface area contributed by atoms with Crippen LogP contribution < -0.4 is 11.4 Å². The van der Waals surface area contributed by atoms with Gasteiger partial charge in [-0.15, -0.1) is 5.10 Å². The van der Waals surface area contributed by atoms with Crippen molar-refractivity contribution in [2.45, 2.75) is 6.54 Å². The lowest BCUT2D eigenvalue weighted by Crippen LogP contribution is -2.23. The van der Waals surface area contributed by atoms with E-state index < -0.39 is 0 Å². The number of hydrogen-bond donors (Lipinski definition) is 1. The second kappa shape index (κ2) is 3.61. The first kappa shape index (κ1) is 9.51. The molecule has 0 bridgehead atoms. The molecule has 5 nitrogen and oxygen atoms in total. The first-order valence-electron chi connectivity index (χ1n) is 4.61. The lowest BCUT2D eigenvalue weighted by molar-refractivity contribution is 0.692. The van der Waals surface area contributed by atoms with Gasteiger partial charge in [-0.1, -0.05) is 30.3 Å². The fourth-order valence-electron chi connectivity index (χ4n) is 1.44. The van der Waals surface area contributed by atoms with Crippen molar-refractivity contribution < 1.29 is 0 Å². The fraction of sp³-hybridized carbons (Fsp3) is 0.200. The number of aryl methyl sites for hydroxylation is 1. The molecule has 0 aliphatic heterocycles. The maximum atomic E-state index is 11.6. The molecule has 0 radical (unpaired) electrons. The van der Waals surface area contributed by atoms with Crippen LogP contribution in [0.25, 0.3) is 0 Å². The number of aromatic nitrogens is 3. The Balaban J connectivity index is 2.37. The largest absolute Gasteiger partial charge is 0.368 e. The quantitative estimate of drug-likeness (QED) is 0.760. The number of nitrogen functional groups attached to an aromatic ring is 1. The van der Waals surface area contributed by atoms with Crippen LogP contribution in [0.3, 0.4) is 0 Å². The Bertz CT molecular complexity index is 512. The van der Waals surface area contributed by atoms with Gasteiger partial charge in [-0.2, -0.15) is 0 Å². The van der Waals surface area contributed by atoms with Gasteiger partial charge in [0.15, 0.2) is 0 Å². The van der Waals surface area contributed by atoms with Gasteiger partial charge in [-0.3, -0.25) is 4.57 Å². The molecule has 78 valence electrons. The number of nitrogens with two attached hydrogens (primary N) is 1. The van der Waals surface area contributed by atoms with Gasteiger partial charge in [0.1, 0.15) is 0 Å². The van der Waals surface area contributed by atoms with Crippen LogP contribution in [0, 0.1) is 0 Å². The van der Waals surface area contributed by atoms with Crippen molar-refractivity contribution in [1.29, 1.82) is 0 Å². The van der Waals surface area contributed by atoms with Gasteiger partial charge in [0.05, 0.1) is 6.54 Å². The molecule has 0 saturated carbocycles. The second-order valence-electron chi connectivity index (χ2n) is 3.34. The van der Waals surface area contributed by atoms with Crippen LogP contribution in [0.4, 0.5) is 5.95 Å². The summed E-state index contributed by atoms with van der Waals surface area (Å²) in [7, 11) is 1.58. The molecule has 0 amide bonds. The molecule has 0 unspecified atom stereocenters. The minimum absolute atomic E-state index is 0.198. The Hall–Kier alpha value is -2.04. The van der Waals surface area contributed by atoms with Crippen molar-refractivity contribution in [2.24, 2.45) is 7.05 Å². The van der Waals surface area contributed by atoms with Crippen molar-refractivity contribution in [2.75, 3.05) is 5.73 Å². The molecule has 2 aromatic rings. The summed E-state index contributed by atoms with van der Waals surface area (Å²) in [6.07, 6.45) is 0. The highest BCUT2D eigenvalue weighted by atomic mass is 16.2. The van der Waals surface area contributed by atoms with E-state index in [4.69, 9.17) is 5.73 Å². The van der Waals surface area contributed by atoms with Crippen LogP contribution in [-0.2, 0) is 13.6 Å². The van der Waals surface area contributed by atoms with Gasteiger partial charge in [0.2, 0.25) is 5.95 Å². The average molecular weight is 204 g/mol. The van der Waals surface area contributed by atoms with E-state index >= 15 is 0 Å². The fourth-order valence-corrected chi connectivity index (χ4v) is 1.44. The van der Waals surface area contributed by atoms with Crippen LogP contribution in [0.15, 0.2) is 35.1 Å². The summed E-state index contributed by atoms with van der Waals surface area (Å²) in [5.74, 6) is 0.242. The third-order valence-electron chi connectivity index (χ3n) is 2.22. The number of rotatable bonds is 2. The van der Waals surface area contributed by atoms with Gasteiger partial charge < -0.3 is 5.73 Å². The van der Waals surface area contributed by atoms with E-state index in [1.165, 1.54) is 9.25 Å². The van der Waals surface area contributed by atoms with E-state index in [9.17, 15) is 4.79 Å². The first-order valence-corrected chi connectivity index (χ1v) is 4.61. The number of hydrogen-bond acceptors (Lipinski definition) is 3. The average Bonchev–Trinajstić information content (AvgIpc) is 2.47. The Morgan fingerprint density at radius 2 is 2.00 bits per heavy atom. The normalized spacial score (nSPS) is 10.5. The zero-order valence-corrected chi connectivity index (χ0v) is 8.42. The molecule has 0 fully saturated rings. The number of anilines is 1. The molecule has 1 aromatic heterocycles. The van der Waals surface area contributed by atoms with E-state index in [-0.39, 0.29) is 11.6 Å². The van der Waals surface area contributed by atoms with Crippen LogP contribution in [0.1, 0.15) is 5.56 Å². The predicted octanol–water partition coefficient (Wildman–Crippen LogP) is 0.212. The molecule has 0 aliphatic carbocycles. The summed E-state index contributed by atoms with van der Waals surface area (Å²) in [5, 5.41) is 3.85. The smallest absolute Gasteiger partial charge is 0.347 e. The number of benzene rings is 1. The van der Waals surface area contributed by atoms with Gasteiger partial charge in [-0.05, 0) is 5.56 Å². The monoisotopic (exact) mass is 204 g/mol. The summed E-state index contributed by atoms with van der Waals surface area (Å²) < 4.78 is 2.67. The molecule has 1 heterocycles. The maximum absolute atomic E-state index is 11.6. The Labute approximate surface area is 86.8 Å². The van der Waals surface area contributed by atoms with E-state index in [0.29, 0.717) is 6.54 Å². The van der Waals surface area contributed by atoms with Crippen LogP contribution in [-0.4, -0.2) is 14.3 Å². The molecular formula is C10H12N4O. The van der Waals surface area contributed by atoms with Crippen LogP contribution >= 0.6 is 0 Å². The third-order valence-corrected chi connectivity index (χ3v) is 2.22. The Morgan fingerprint density at radius 1 is 1.33 bits per heavy atom. The van der Waals surface area contributed by atoms with Crippen molar-refractivity contribution in [3.05, 3.63) is 46.4 Å². The lowest BCUT2D eigenvalue weighted by Gasteiger charge is -2.01. The van der Waals surface area contributed by atoms with Crippen molar-refractivity contribution in [3.8, 4) is 0 Å². The van der Waals surface area contributed by atoms with E-state index in [2.05, 4.69) is 5.10 Å². The van der Waals surface area contributed by atoms with Crippen LogP contribution in [0.5, 0.6) is 0 Å². The highest BCUT2D eigenvalue weighted by Gasteiger charge is 2.07. The topological polar surface area (TPSA) is 65.8 Å². The Kier molecular flexibility index (Phi) is 2.29. The second-order valence-corrected chi connectivity index (χ2v) is 3.34. The molecule has 0 saturated heterocycles. The standard InChI is InChI=1S/C10H12N4O/c1-13-10(15)14(9(11)12-13)7-8-5-3-2-4-6-8/h2-6H,7H2,1H3,(H2,11,12). The zero-order chi connectivity index (χ0) is 10.8. The molecule has 5 heteroatoms. The van der Waals surface area contributed by atoms with Gasteiger partial charge >= 0.3 is 5.69 Å². The molecule has 2 rings (SSSR count). The molecule has 15 heavy (non-hydrogen) atoms. The molecule has 0 aliphatic rings. The minimum Gasteiger partial charge on any atom is -0.368 e. The van der Waals surface area contributed by atoms with Crippen molar-refractivity contribution in [1.82, 2.24) is 14.3 Å². The van der Waals surface area contributed by atoms with E-state index in [1.54, 1.807) is 7.05 Å². The third kappa shape index (κ3) is 1.76. The van der Waals surface area contributed by atoms with Gasteiger partial charge in [0, 0.05) is 7.05 Å². The SMILES string of the molecule is Cn1nc(N)n(Cc2ccccc2)c1=O. The van der Waals surface area contributed by atoms with E-state index in [0.717, 1.165) is 5.56 Å². The number of nitrogens with zero attached hydrogens (tertiary/aromatic N) is 3. The summed E-state index contributed by atoms with van der Waals surface area (Å²) in [4.78, 5) is 11.6. The summed E-state index contributed by atoms with van der Waals surface area (Å²) >= 11 is 0.